The number of amides is 2. The highest BCUT2D eigenvalue weighted by molar-refractivity contribution is 7.86. The van der Waals surface area contributed by atoms with Crippen LogP contribution in [0.4, 0.5) is 11.4 Å². The van der Waals surface area contributed by atoms with Crippen molar-refractivity contribution in [2.24, 2.45) is 0 Å². The van der Waals surface area contributed by atoms with Crippen molar-refractivity contribution in [3.05, 3.63) is 83.6 Å². The SMILES string of the molecule is CC1(CCCCCC(=O)O)C2=[N+](CCCCCC(=O)NCCNC(=O)CCCCCC3(C)/C(=C/C=C/C=C/2)N(CCCS(=O)(=O)O)c2ccc(S(=O)(=O)O)cc23)c2ccc(S(=O)(=O)O)cc21. The zero-order chi connectivity index (χ0) is 48.3. The molecule has 0 saturated heterocycles. The number of nitrogens with zero attached hydrogens (tertiary/aromatic N) is 2. The number of rotatable bonds is 12. The van der Waals surface area contributed by atoms with Crippen LogP contribution in [0, 0.1) is 0 Å². The fraction of sp³-hybridized carbons (Fsp3) is 0.522. The van der Waals surface area contributed by atoms with Gasteiger partial charge in [-0.1, -0.05) is 43.9 Å². The first kappa shape index (κ1) is 52.2. The van der Waals surface area contributed by atoms with E-state index in [2.05, 4.69) is 15.2 Å². The highest BCUT2D eigenvalue weighted by atomic mass is 32.2. The van der Waals surface area contributed by atoms with Crippen LogP contribution in [0.1, 0.15) is 121 Å². The zero-order valence-electron chi connectivity index (χ0n) is 37.6. The Morgan fingerprint density at radius 1 is 0.742 bits per heavy atom. The fourth-order valence-corrected chi connectivity index (χ4v) is 10.8. The summed E-state index contributed by atoms with van der Waals surface area (Å²) >= 11 is 0. The molecule has 0 fully saturated rings. The Morgan fingerprint density at radius 2 is 1.36 bits per heavy atom. The van der Waals surface area contributed by atoms with Gasteiger partial charge in [0.15, 0.2) is 5.71 Å². The normalized spacial score (nSPS) is 23.7. The second kappa shape index (κ2) is 22.4. The number of anilines is 1. The van der Waals surface area contributed by atoms with Crippen LogP contribution in [0.25, 0.3) is 0 Å². The lowest BCUT2D eigenvalue weighted by atomic mass is 9.75. The molecule has 0 bridgehead atoms. The van der Waals surface area contributed by atoms with Gasteiger partial charge in [-0.3, -0.25) is 28.0 Å². The highest BCUT2D eigenvalue weighted by Gasteiger charge is 2.48. The summed E-state index contributed by atoms with van der Waals surface area (Å²) in [6, 6.07) is 8.80. The number of carboxylic acids is 1. The van der Waals surface area contributed by atoms with E-state index in [4.69, 9.17) is 0 Å². The number of unbranched alkanes of at least 4 members (excludes halogenated alkanes) is 2. The molecule has 66 heavy (non-hydrogen) atoms. The fourth-order valence-electron chi connectivity index (χ4n) is 9.34. The van der Waals surface area contributed by atoms with Crippen LogP contribution in [0.15, 0.2) is 82.3 Å². The van der Waals surface area contributed by atoms with Crippen molar-refractivity contribution in [2.75, 3.05) is 36.8 Å². The lowest BCUT2D eigenvalue weighted by Crippen LogP contribution is -2.34. The summed E-state index contributed by atoms with van der Waals surface area (Å²) in [5.41, 5.74) is 2.55. The number of benzene rings is 2. The van der Waals surface area contributed by atoms with Crippen LogP contribution in [-0.2, 0) is 55.6 Å². The van der Waals surface area contributed by atoms with Gasteiger partial charge in [-0.2, -0.15) is 29.8 Å². The van der Waals surface area contributed by atoms with Gasteiger partial charge >= 0.3 is 5.97 Å². The Bertz CT molecular complexity index is 2610. The number of carbonyl (C=O) groups excluding carboxylic acids is 2. The molecular weight excluding hydrogens is 913 g/mol. The molecule has 2 aromatic rings. The van der Waals surface area contributed by atoms with E-state index in [-0.39, 0.29) is 60.5 Å². The van der Waals surface area contributed by atoms with Gasteiger partial charge in [0.2, 0.25) is 17.5 Å². The van der Waals surface area contributed by atoms with E-state index in [0.29, 0.717) is 106 Å². The second-order valence-corrected chi connectivity index (χ2v) is 22.0. The molecule has 0 spiro atoms. The Balaban J connectivity index is 1.60. The molecule has 20 heteroatoms. The third-order valence-electron chi connectivity index (χ3n) is 12.7. The molecule has 2 aromatic carbocycles. The van der Waals surface area contributed by atoms with Gasteiger partial charge in [-0.15, -0.1) is 0 Å². The molecule has 6 N–H and O–H groups in total. The molecular formula is C46H63N4O13S3+. The molecule has 362 valence electrons. The van der Waals surface area contributed by atoms with Crippen molar-refractivity contribution in [3.8, 4) is 0 Å². The molecule has 2 unspecified atom stereocenters. The Kier molecular flexibility index (Phi) is 17.7. The predicted octanol–water partition coefficient (Wildman–Crippen LogP) is 6.38. The maximum absolute atomic E-state index is 12.7. The van der Waals surface area contributed by atoms with Crippen molar-refractivity contribution >= 4 is 65.2 Å². The second-order valence-electron chi connectivity index (χ2n) is 17.6. The molecule has 3 aliphatic heterocycles. The monoisotopic (exact) mass is 975 g/mol. The molecule has 0 aromatic heterocycles. The van der Waals surface area contributed by atoms with E-state index < -0.39 is 52.9 Å². The van der Waals surface area contributed by atoms with Gasteiger partial charge in [0.1, 0.15) is 6.54 Å². The maximum Gasteiger partial charge on any atom is 0.303 e. The molecule has 0 radical (unpaired) electrons. The summed E-state index contributed by atoms with van der Waals surface area (Å²) in [7, 11) is -13.5. The van der Waals surface area contributed by atoms with E-state index in [1.165, 1.54) is 24.3 Å². The number of nitrogens with one attached hydrogen (secondary N) is 2. The topological polar surface area (TPSA) is 265 Å². The van der Waals surface area contributed by atoms with Gasteiger partial charge in [0.25, 0.3) is 30.4 Å². The summed E-state index contributed by atoms with van der Waals surface area (Å²) in [6.07, 6.45) is 16.4. The van der Waals surface area contributed by atoms with Gasteiger partial charge in [0.05, 0.1) is 21.0 Å². The average molecular weight is 976 g/mol. The first-order chi connectivity index (χ1) is 31.0. The summed E-state index contributed by atoms with van der Waals surface area (Å²) < 4.78 is 105. The molecule has 2 amide bonds. The van der Waals surface area contributed by atoms with Crippen LogP contribution in [0.3, 0.4) is 0 Å². The van der Waals surface area contributed by atoms with E-state index in [1.807, 2.05) is 37.0 Å². The maximum atomic E-state index is 12.7. The van der Waals surface area contributed by atoms with E-state index in [9.17, 15) is 58.4 Å². The van der Waals surface area contributed by atoms with Gasteiger partial charge < -0.3 is 20.6 Å². The largest absolute Gasteiger partial charge is 0.481 e. The first-order valence-corrected chi connectivity index (χ1v) is 27.0. The highest BCUT2D eigenvalue weighted by Crippen LogP contribution is 2.51. The van der Waals surface area contributed by atoms with Crippen molar-refractivity contribution < 1.29 is 63.0 Å². The molecule has 2 atom stereocenters. The zero-order valence-corrected chi connectivity index (χ0v) is 40.0. The van der Waals surface area contributed by atoms with Crippen molar-refractivity contribution in [1.29, 1.82) is 0 Å². The summed E-state index contributed by atoms with van der Waals surface area (Å²) in [6.45, 7) is 5.13. The molecule has 0 saturated carbocycles. The third kappa shape index (κ3) is 13.7. The number of carboxylic acid groups (broad SMARTS) is 1. The lowest BCUT2D eigenvalue weighted by Gasteiger charge is -2.30. The Hall–Kier alpha value is -4.73. The third-order valence-corrected chi connectivity index (χ3v) is 15.2. The number of fused-ring (bicyclic) bond motifs is 5. The van der Waals surface area contributed by atoms with Crippen LogP contribution >= 0.6 is 0 Å². The summed E-state index contributed by atoms with van der Waals surface area (Å²) in [5, 5.41) is 14.9. The van der Waals surface area contributed by atoms with E-state index >= 15 is 0 Å². The van der Waals surface area contributed by atoms with Crippen molar-refractivity contribution in [2.45, 2.75) is 131 Å². The van der Waals surface area contributed by atoms with Crippen LogP contribution in [0.5, 0.6) is 0 Å². The van der Waals surface area contributed by atoms with Crippen LogP contribution < -0.4 is 15.5 Å². The van der Waals surface area contributed by atoms with Crippen molar-refractivity contribution in [1.82, 2.24) is 10.6 Å². The number of carbonyl (C=O) groups is 3. The van der Waals surface area contributed by atoms with Gasteiger partial charge in [0, 0.05) is 79.8 Å². The van der Waals surface area contributed by atoms with Crippen molar-refractivity contribution in [3.63, 3.8) is 0 Å². The molecule has 5 rings (SSSR count). The minimum absolute atomic E-state index is 0.0154. The number of allylic oxidation sites excluding steroid dienone is 6. The van der Waals surface area contributed by atoms with E-state index in [0.717, 1.165) is 11.4 Å². The molecule has 0 aliphatic carbocycles. The van der Waals surface area contributed by atoms with Crippen LogP contribution in [0.2, 0.25) is 0 Å². The molecule has 3 heterocycles. The summed E-state index contributed by atoms with van der Waals surface area (Å²) in [4.78, 5) is 37.9. The predicted molar refractivity (Wildman–Crippen MR) is 250 cm³/mol. The molecule has 17 nitrogen and oxygen atoms in total. The van der Waals surface area contributed by atoms with E-state index in [1.54, 1.807) is 24.3 Å². The minimum atomic E-state index is -4.60. The smallest absolute Gasteiger partial charge is 0.303 e. The number of aliphatic carboxylic acids is 1. The van der Waals surface area contributed by atoms with Crippen LogP contribution in [-0.4, -0.2) is 104 Å². The minimum Gasteiger partial charge on any atom is -0.481 e. The molecule has 3 aliphatic rings. The Morgan fingerprint density at radius 3 is 1.98 bits per heavy atom. The quantitative estimate of drug-likeness (QED) is 0.0766. The lowest BCUT2D eigenvalue weighted by molar-refractivity contribution is -0.438. The number of hydrogen-bond donors (Lipinski definition) is 6. The average Bonchev–Trinajstić information content (AvgIpc) is 3.60. The summed E-state index contributed by atoms with van der Waals surface area (Å²) in [5.74, 6) is -1.69. The van der Waals surface area contributed by atoms with Gasteiger partial charge in [-0.25, -0.2) is 0 Å². The van der Waals surface area contributed by atoms with Gasteiger partial charge in [-0.05, 0) is 101 Å². The first-order valence-electron chi connectivity index (χ1n) is 22.5. The Labute approximate surface area is 388 Å². The number of hydrogen-bond acceptors (Lipinski definition) is 10. The standard InChI is InChI=1S/C46H62N4O13S3/c1-45(26-13-5-11-20-44(53)54)36-32-34(65(58,59)60)21-23-38(36)49-29-14-6-10-19-43(52)48-28-27-47-42(51)18-9-4-12-25-46(2)37-33-35(66(61,62)63)22-24-39(37)50(30-15-31-64(55,56)57)41(46)17-8-3-7-16-40(45)49/h3,7-8,16-17,21-24,32-33H,4-6,9-15,18-20,25-31H2,1-2H3,(H5-,47,48,51,52,53,54,55,56,57,58,59,60,61,62,63)/p+1.